The van der Waals surface area contributed by atoms with E-state index >= 15 is 0 Å². The van der Waals surface area contributed by atoms with Gasteiger partial charge in [-0.15, -0.1) is 6.58 Å². The van der Waals surface area contributed by atoms with Crippen LogP contribution in [0.15, 0.2) is 36.5 Å². The molecule has 0 nitrogen and oxygen atoms in total. The molecule has 0 saturated carbocycles. The van der Waals surface area contributed by atoms with E-state index in [1.807, 2.05) is 6.08 Å². The Balaban J connectivity index is 2.10. The average molecular weight is 246 g/mol. The zero-order valence-electron chi connectivity index (χ0n) is 12.5. The van der Waals surface area contributed by atoms with Gasteiger partial charge in [-0.2, -0.15) is 0 Å². The second-order valence-corrected chi connectivity index (χ2v) is 5.96. The van der Waals surface area contributed by atoms with Gasteiger partial charge in [0.05, 0.1) is 0 Å². The van der Waals surface area contributed by atoms with Crippen LogP contribution in [0.3, 0.4) is 0 Å². The minimum absolute atomic E-state index is 0.435. The van der Waals surface area contributed by atoms with Crippen molar-refractivity contribution in [1.29, 1.82) is 0 Å². The predicted molar refractivity (Wildman–Crippen MR) is 82.6 cm³/mol. The van der Waals surface area contributed by atoms with Crippen LogP contribution in [0.1, 0.15) is 59.3 Å². The summed E-state index contributed by atoms with van der Waals surface area (Å²) in [5.74, 6) is 2.07. The zero-order chi connectivity index (χ0) is 13.5. The number of hydrogen-bond acceptors (Lipinski definition) is 0. The quantitative estimate of drug-likeness (QED) is 0.420. The Morgan fingerprint density at radius 2 is 2.00 bits per heavy atom. The summed E-state index contributed by atoms with van der Waals surface area (Å²) in [5.41, 5.74) is 2.79. The molecule has 0 heteroatoms. The average Bonchev–Trinajstić information content (AvgIpc) is 3.14. The molecule has 0 heterocycles. The fourth-order valence-electron chi connectivity index (χ4n) is 2.54. The van der Waals surface area contributed by atoms with Crippen LogP contribution in [0.5, 0.6) is 0 Å². The molecule has 0 aliphatic heterocycles. The molecule has 0 aromatic carbocycles. The van der Waals surface area contributed by atoms with Crippen molar-refractivity contribution in [2.75, 3.05) is 0 Å². The van der Waals surface area contributed by atoms with Crippen LogP contribution in [-0.4, -0.2) is 0 Å². The second kappa shape index (κ2) is 7.61. The molecule has 0 bridgehead atoms. The molecule has 18 heavy (non-hydrogen) atoms. The third-order valence-corrected chi connectivity index (χ3v) is 4.21. The van der Waals surface area contributed by atoms with E-state index in [0.717, 1.165) is 11.8 Å². The maximum Gasteiger partial charge on any atom is 0.00239 e. The lowest BCUT2D eigenvalue weighted by atomic mass is 9.94. The minimum Gasteiger partial charge on any atom is -0.102 e. The van der Waals surface area contributed by atoms with Gasteiger partial charge in [-0.05, 0) is 29.4 Å². The van der Waals surface area contributed by atoms with Gasteiger partial charge in [-0.25, -0.2) is 0 Å². The normalized spacial score (nSPS) is 21.1. The Labute approximate surface area is 114 Å². The summed E-state index contributed by atoms with van der Waals surface area (Å²) in [5, 5.41) is 0. The third-order valence-electron chi connectivity index (χ3n) is 4.21. The van der Waals surface area contributed by atoms with Crippen LogP contribution in [0.4, 0.5) is 0 Å². The summed E-state index contributed by atoms with van der Waals surface area (Å²) < 4.78 is 0. The maximum atomic E-state index is 4.18. The molecule has 0 aromatic rings. The fourth-order valence-corrected chi connectivity index (χ4v) is 2.54. The van der Waals surface area contributed by atoms with Crippen molar-refractivity contribution in [1.82, 2.24) is 0 Å². The zero-order valence-corrected chi connectivity index (χ0v) is 12.5. The van der Waals surface area contributed by atoms with Crippen LogP contribution in [0.2, 0.25) is 0 Å². The fraction of sp³-hybridized carbons (Fsp3) is 0.667. The molecule has 0 radical (unpaired) electrons. The van der Waals surface area contributed by atoms with E-state index in [4.69, 9.17) is 0 Å². The van der Waals surface area contributed by atoms with Crippen molar-refractivity contribution in [3.63, 3.8) is 0 Å². The highest BCUT2D eigenvalue weighted by atomic mass is 14.3. The molecule has 1 rings (SSSR count). The topological polar surface area (TPSA) is 0 Å². The molecule has 1 aliphatic carbocycles. The molecule has 0 amide bonds. The van der Waals surface area contributed by atoms with Gasteiger partial charge in [-0.1, -0.05) is 71.6 Å². The Bertz CT molecular complexity index is 308. The van der Waals surface area contributed by atoms with Gasteiger partial charge in [0.1, 0.15) is 0 Å². The number of allylic oxidation sites excluding steroid dienone is 4. The van der Waals surface area contributed by atoms with Crippen LogP contribution in [0, 0.1) is 17.8 Å². The first-order valence-electron chi connectivity index (χ1n) is 7.63. The number of rotatable bonds is 10. The SMILES string of the molecule is C=CC(C)C(=C)C1=CC1CCCC(C)CCCC. The molecule has 0 saturated heterocycles. The molecule has 3 atom stereocenters. The molecule has 1 aliphatic rings. The summed E-state index contributed by atoms with van der Waals surface area (Å²) in [6.45, 7) is 14.9. The second-order valence-electron chi connectivity index (χ2n) is 5.96. The van der Waals surface area contributed by atoms with Gasteiger partial charge in [0.25, 0.3) is 0 Å². The van der Waals surface area contributed by atoms with Crippen LogP contribution < -0.4 is 0 Å². The Morgan fingerprint density at radius 3 is 2.61 bits per heavy atom. The molecule has 0 spiro atoms. The summed E-state index contributed by atoms with van der Waals surface area (Å²) in [4.78, 5) is 0. The Morgan fingerprint density at radius 1 is 1.33 bits per heavy atom. The molecule has 0 N–H and O–H groups in total. The summed E-state index contributed by atoms with van der Waals surface area (Å²) in [6, 6.07) is 0. The van der Waals surface area contributed by atoms with Crippen LogP contribution in [0.25, 0.3) is 0 Å². The largest absolute Gasteiger partial charge is 0.102 e. The molecule has 102 valence electrons. The standard InChI is InChI=1S/C18H30/c1-6-8-10-14(3)11-9-12-17-13-18(17)16(5)15(4)7-2/h7,13-15,17H,2,5-6,8-12H2,1,3-4H3. The van der Waals surface area contributed by atoms with E-state index in [1.54, 1.807) is 0 Å². The Kier molecular flexibility index (Phi) is 6.46. The molecule has 3 unspecified atom stereocenters. The van der Waals surface area contributed by atoms with Crippen LogP contribution >= 0.6 is 0 Å². The highest BCUT2D eigenvalue weighted by Gasteiger charge is 2.27. The highest BCUT2D eigenvalue weighted by Crippen LogP contribution is 2.41. The van der Waals surface area contributed by atoms with E-state index in [-0.39, 0.29) is 0 Å². The Hall–Kier alpha value is -0.780. The van der Waals surface area contributed by atoms with Crippen LogP contribution in [-0.2, 0) is 0 Å². The first kappa shape index (κ1) is 15.3. The minimum atomic E-state index is 0.435. The van der Waals surface area contributed by atoms with Gasteiger partial charge in [-0.3, -0.25) is 0 Å². The van der Waals surface area contributed by atoms with Gasteiger partial charge < -0.3 is 0 Å². The number of unbranched alkanes of at least 4 members (excludes halogenated alkanes) is 1. The summed E-state index contributed by atoms with van der Waals surface area (Å²) in [6.07, 6.45) is 12.6. The monoisotopic (exact) mass is 246 g/mol. The first-order valence-corrected chi connectivity index (χ1v) is 7.63. The molecule has 0 fully saturated rings. The molecular formula is C18H30. The summed E-state index contributed by atoms with van der Waals surface area (Å²) >= 11 is 0. The van der Waals surface area contributed by atoms with E-state index in [1.165, 1.54) is 49.7 Å². The van der Waals surface area contributed by atoms with Crippen molar-refractivity contribution in [3.8, 4) is 0 Å². The highest BCUT2D eigenvalue weighted by molar-refractivity contribution is 5.47. The lowest BCUT2D eigenvalue weighted by Crippen LogP contribution is -1.97. The lowest BCUT2D eigenvalue weighted by Gasteiger charge is -2.11. The van der Waals surface area contributed by atoms with Gasteiger partial charge in [0.15, 0.2) is 0 Å². The smallest absolute Gasteiger partial charge is 0.00239 e. The van der Waals surface area contributed by atoms with Crippen molar-refractivity contribution >= 4 is 0 Å². The first-order chi connectivity index (χ1) is 8.60. The van der Waals surface area contributed by atoms with Gasteiger partial charge in [0.2, 0.25) is 0 Å². The molecule has 0 aromatic heterocycles. The molecular weight excluding hydrogens is 216 g/mol. The lowest BCUT2D eigenvalue weighted by molar-refractivity contribution is 0.444. The van der Waals surface area contributed by atoms with Gasteiger partial charge >= 0.3 is 0 Å². The van der Waals surface area contributed by atoms with E-state index in [2.05, 4.69) is 40.0 Å². The van der Waals surface area contributed by atoms with Gasteiger partial charge in [0, 0.05) is 5.92 Å². The maximum absolute atomic E-state index is 4.18. The third kappa shape index (κ3) is 4.84. The van der Waals surface area contributed by atoms with Crippen molar-refractivity contribution in [2.24, 2.45) is 17.8 Å². The summed E-state index contributed by atoms with van der Waals surface area (Å²) in [7, 11) is 0. The van der Waals surface area contributed by atoms with E-state index in [0.29, 0.717) is 5.92 Å². The van der Waals surface area contributed by atoms with Crippen molar-refractivity contribution < 1.29 is 0 Å². The van der Waals surface area contributed by atoms with Crippen molar-refractivity contribution in [2.45, 2.75) is 59.3 Å². The van der Waals surface area contributed by atoms with Crippen molar-refractivity contribution in [3.05, 3.63) is 36.5 Å². The van der Waals surface area contributed by atoms with E-state index < -0.39 is 0 Å². The van der Waals surface area contributed by atoms with E-state index in [9.17, 15) is 0 Å². The predicted octanol–water partition coefficient (Wildman–Crippen LogP) is 5.92. The number of hydrogen-bond donors (Lipinski definition) is 0.